The van der Waals surface area contributed by atoms with E-state index in [2.05, 4.69) is 6.07 Å². The minimum atomic E-state index is -0.453. The second-order valence-corrected chi connectivity index (χ2v) is 11.1. The van der Waals surface area contributed by atoms with Crippen LogP contribution < -0.4 is 11.2 Å². The molecule has 7 nitrogen and oxygen atoms in total. The highest BCUT2D eigenvalue weighted by molar-refractivity contribution is 6.00. The van der Waals surface area contributed by atoms with Gasteiger partial charge in [-0.25, -0.2) is 4.79 Å². The van der Waals surface area contributed by atoms with Gasteiger partial charge in [0.05, 0.1) is 12.0 Å². The Labute approximate surface area is 213 Å². The standard InChI is InChI=1S/C30H30N2O5/c1-16-21-11-23-20-6-3-4-8-25(20)36-29(23)17(2)28(21)37-30(35)22(16)12-27(34)31-13-18-10-19(15-31)24-7-5-9-26(33)32(24)14-18/h5,7,9,11,18-19H,3-4,6,8,10,12-15H2,1-2H3/t18-,19-/m0/s1. The normalized spacial score (nSPS) is 20.8. The van der Waals surface area contributed by atoms with E-state index in [1.165, 1.54) is 5.56 Å². The molecule has 0 unspecified atom stereocenters. The highest BCUT2D eigenvalue weighted by Crippen LogP contribution is 2.38. The molecule has 0 radical (unpaired) electrons. The number of carbonyl (C=O) groups excluding carboxylic acids is 1. The van der Waals surface area contributed by atoms with Crippen LogP contribution in [0.2, 0.25) is 0 Å². The van der Waals surface area contributed by atoms with Gasteiger partial charge in [-0.3, -0.25) is 9.59 Å². The molecule has 1 saturated heterocycles. The van der Waals surface area contributed by atoms with Gasteiger partial charge in [-0.05, 0) is 63.1 Å². The summed E-state index contributed by atoms with van der Waals surface area (Å²) in [6.07, 6.45) is 5.23. The molecule has 3 aliphatic rings. The molecule has 4 aromatic rings. The molecule has 190 valence electrons. The Hall–Kier alpha value is -3.61. The van der Waals surface area contributed by atoms with Crippen molar-refractivity contribution < 1.29 is 13.6 Å². The smallest absolute Gasteiger partial charge is 0.340 e. The molecule has 2 aliphatic heterocycles. The molecule has 2 atom stereocenters. The summed E-state index contributed by atoms with van der Waals surface area (Å²) in [5.41, 5.74) is 5.30. The van der Waals surface area contributed by atoms with Crippen LogP contribution in [0, 0.1) is 19.8 Å². The molecule has 0 saturated carbocycles. The van der Waals surface area contributed by atoms with Gasteiger partial charge in [-0.15, -0.1) is 0 Å². The van der Waals surface area contributed by atoms with Gasteiger partial charge in [0.25, 0.3) is 5.56 Å². The lowest BCUT2D eigenvalue weighted by Gasteiger charge is -2.42. The first-order chi connectivity index (χ1) is 17.9. The summed E-state index contributed by atoms with van der Waals surface area (Å²) in [6.45, 7) is 5.68. The number of likely N-dealkylation sites (tertiary alicyclic amines) is 1. The van der Waals surface area contributed by atoms with Crippen LogP contribution in [0.4, 0.5) is 0 Å². The average molecular weight is 499 g/mol. The van der Waals surface area contributed by atoms with E-state index >= 15 is 0 Å². The van der Waals surface area contributed by atoms with E-state index in [0.717, 1.165) is 71.0 Å². The Morgan fingerprint density at radius 1 is 0.973 bits per heavy atom. The molecule has 7 rings (SSSR count). The summed E-state index contributed by atoms with van der Waals surface area (Å²) in [5.74, 6) is 1.37. The van der Waals surface area contributed by atoms with Crippen molar-refractivity contribution in [2.24, 2.45) is 5.92 Å². The number of hydrogen-bond donors (Lipinski definition) is 0. The van der Waals surface area contributed by atoms with Crippen LogP contribution in [0.15, 0.2) is 42.7 Å². The number of benzene rings is 1. The molecule has 2 bridgehead atoms. The highest BCUT2D eigenvalue weighted by Gasteiger charge is 2.36. The predicted octanol–water partition coefficient (Wildman–Crippen LogP) is 4.38. The molecule has 0 N–H and O–H groups in total. The third-order valence-electron chi connectivity index (χ3n) is 8.88. The number of furan rings is 1. The molecule has 1 aromatic carbocycles. The summed E-state index contributed by atoms with van der Waals surface area (Å²) in [7, 11) is 0. The van der Waals surface area contributed by atoms with Crippen LogP contribution in [-0.4, -0.2) is 28.5 Å². The number of pyridine rings is 1. The fraction of sp³-hybridized carbons (Fsp3) is 0.433. The molecule has 1 aliphatic carbocycles. The fourth-order valence-corrected chi connectivity index (χ4v) is 6.98. The lowest BCUT2D eigenvalue weighted by molar-refractivity contribution is -0.133. The largest absolute Gasteiger partial charge is 0.460 e. The number of hydrogen-bond acceptors (Lipinski definition) is 5. The first kappa shape index (κ1) is 22.6. The van der Waals surface area contributed by atoms with Crippen LogP contribution in [-0.2, 0) is 30.6 Å². The molecule has 37 heavy (non-hydrogen) atoms. The molecule has 3 aromatic heterocycles. The third kappa shape index (κ3) is 3.43. The van der Waals surface area contributed by atoms with E-state index in [9.17, 15) is 14.4 Å². The van der Waals surface area contributed by atoms with E-state index in [0.29, 0.717) is 30.8 Å². The van der Waals surface area contributed by atoms with Crippen LogP contribution in [0.1, 0.15) is 58.9 Å². The van der Waals surface area contributed by atoms with Gasteiger partial charge >= 0.3 is 5.63 Å². The monoisotopic (exact) mass is 498 g/mol. The minimum Gasteiger partial charge on any atom is -0.460 e. The van der Waals surface area contributed by atoms with Gasteiger partial charge in [0.1, 0.15) is 16.9 Å². The SMILES string of the molecule is Cc1c(CC(=O)N2C[C@@H]3C[C@@H](C2)c2cccc(=O)n2C3)c(=O)oc2c(C)c3oc4c(c3cc12)CCCC4. The quantitative estimate of drug-likeness (QED) is 0.383. The van der Waals surface area contributed by atoms with E-state index in [1.54, 1.807) is 12.1 Å². The lowest BCUT2D eigenvalue weighted by atomic mass is 9.83. The molecular formula is C30H30N2O5. The minimum absolute atomic E-state index is 0.0196. The van der Waals surface area contributed by atoms with Crippen molar-refractivity contribution in [1.82, 2.24) is 9.47 Å². The Morgan fingerprint density at radius 3 is 2.65 bits per heavy atom. The van der Waals surface area contributed by atoms with Gasteiger partial charge in [-0.1, -0.05) is 6.07 Å². The van der Waals surface area contributed by atoms with Gasteiger partial charge in [0.2, 0.25) is 5.91 Å². The van der Waals surface area contributed by atoms with Crippen molar-refractivity contribution in [3.63, 3.8) is 0 Å². The highest BCUT2D eigenvalue weighted by atomic mass is 16.4. The Morgan fingerprint density at radius 2 is 1.78 bits per heavy atom. The number of nitrogens with zero attached hydrogens (tertiary/aromatic N) is 2. The molecule has 1 fully saturated rings. The maximum atomic E-state index is 13.5. The topological polar surface area (TPSA) is 85.7 Å². The number of piperidine rings is 1. The van der Waals surface area contributed by atoms with Crippen LogP contribution in [0.5, 0.6) is 0 Å². The zero-order chi connectivity index (χ0) is 25.4. The second-order valence-electron chi connectivity index (χ2n) is 11.1. The second kappa shape index (κ2) is 8.20. The van der Waals surface area contributed by atoms with Crippen molar-refractivity contribution in [3.8, 4) is 0 Å². The summed E-state index contributed by atoms with van der Waals surface area (Å²) in [5, 5.41) is 1.98. The van der Waals surface area contributed by atoms with Crippen molar-refractivity contribution in [3.05, 3.63) is 78.7 Å². The van der Waals surface area contributed by atoms with Gasteiger partial charge in [0, 0.05) is 65.6 Å². The van der Waals surface area contributed by atoms with Crippen molar-refractivity contribution in [2.75, 3.05) is 13.1 Å². The van der Waals surface area contributed by atoms with E-state index in [4.69, 9.17) is 8.83 Å². The predicted molar refractivity (Wildman–Crippen MR) is 140 cm³/mol. The van der Waals surface area contributed by atoms with Crippen LogP contribution in [0.25, 0.3) is 21.9 Å². The average Bonchev–Trinajstić information content (AvgIpc) is 3.27. The number of amides is 1. The Balaban J connectivity index is 1.24. The molecule has 0 spiro atoms. The number of aryl methyl sites for hydroxylation is 4. The first-order valence-electron chi connectivity index (χ1n) is 13.4. The number of rotatable bonds is 2. The molecular weight excluding hydrogens is 468 g/mol. The van der Waals surface area contributed by atoms with E-state index in [-0.39, 0.29) is 29.7 Å². The number of fused-ring (bicyclic) bond motifs is 8. The number of aromatic nitrogens is 1. The van der Waals surface area contributed by atoms with E-state index in [1.807, 2.05) is 29.4 Å². The summed E-state index contributed by atoms with van der Waals surface area (Å²) in [6, 6.07) is 7.49. The Bertz CT molecular complexity index is 1720. The molecule has 7 heteroatoms. The maximum absolute atomic E-state index is 13.5. The Kier molecular flexibility index (Phi) is 5.00. The van der Waals surface area contributed by atoms with Crippen molar-refractivity contribution in [1.29, 1.82) is 0 Å². The first-order valence-corrected chi connectivity index (χ1v) is 13.4. The lowest BCUT2D eigenvalue weighted by Crippen LogP contribution is -2.49. The van der Waals surface area contributed by atoms with Crippen LogP contribution in [0.3, 0.4) is 0 Å². The van der Waals surface area contributed by atoms with Crippen molar-refractivity contribution >= 4 is 27.8 Å². The molecule has 1 amide bonds. The van der Waals surface area contributed by atoms with Gasteiger partial charge in [-0.2, -0.15) is 0 Å². The summed E-state index contributed by atoms with van der Waals surface area (Å²) in [4.78, 5) is 40.9. The third-order valence-corrected chi connectivity index (χ3v) is 8.88. The van der Waals surface area contributed by atoms with Crippen LogP contribution >= 0.6 is 0 Å². The summed E-state index contributed by atoms with van der Waals surface area (Å²) >= 11 is 0. The molecule has 5 heterocycles. The van der Waals surface area contributed by atoms with Crippen molar-refractivity contribution in [2.45, 2.75) is 64.8 Å². The zero-order valence-electron chi connectivity index (χ0n) is 21.3. The summed E-state index contributed by atoms with van der Waals surface area (Å²) < 4.78 is 13.9. The van der Waals surface area contributed by atoms with Gasteiger partial charge in [0.15, 0.2) is 0 Å². The van der Waals surface area contributed by atoms with E-state index < -0.39 is 5.63 Å². The fourth-order valence-electron chi connectivity index (χ4n) is 6.98. The zero-order valence-corrected chi connectivity index (χ0v) is 21.3. The van der Waals surface area contributed by atoms with Gasteiger partial charge < -0.3 is 18.3 Å². The number of carbonyl (C=O) groups is 1. The maximum Gasteiger partial charge on any atom is 0.340 e.